The van der Waals surface area contributed by atoms with Gasteiger partial charge in [-0.2, -0.15) is 30.7 Å². The van der Waals surface area contributed by atoms with Gasteiger partial charge in [0.05, 0.1) is 24.7 Å². The Balaban J connectivity index is 2.23. The van der Waals surface area contributed by atoms with E-state index in [1.807, 2.05) is 0 Å². The molecule has 0 saturated carbocycles. The number of hydrogen-bond acceptors (Lipinski definition) is 5. The predicted molar refractivity (Wildman–Crippen MR) is 144 cm³/mol. The maximum absolute atomic E-state index is 15.0. The number of methoxy groups -OCH3 is 1. The summed E-state index contributed by atoms with van der Waals surface area (Å²) in [5.41, 5.74) is -1.32. The van der Waals surface area contributed by atoms with Crippen LogP contribution in [0.4, 0.5) is 39.5 Å². The van der Waals surface area contributed by atoms with E-state index in [0.717, 1.165) is 18.2 Å². The van der Waals surface area contributed by atoms with E-state index in [-0.39, 0.29) is 29.7 Å². The monoisotopic (exact) mass is 638 g/mol. The van der Waals surface area contributed by atoms with Gasteiger partial charge < -0.3 is 25.2 Å². The van der Waals surface area contributed by atoms with Gasteiger partial charge in [-0.05, 0) is 47.4 Å². The van der Waals surface area contributed by atoms with Gasteiger partial charge in [0.25, 0.3) is 0 Å². The molecule has 0 aliphatic heterocycles. The van der Waals surface area contributed by atoms with Crippen LogP contribution >= 0.6 is 0 Å². The second-order valence-electron chi connectivity index (χ2n) is 10.0. The van der Waals surface area contributed by atoms with Crippen molar-refractivity contribution in [3.05, 3.63) is 101 Å². The minimum Gasteiger partial charge on any atom is -0.428 e. The largest absolute Gasteiger partial charge is 0.461 e. The van der Waals surface area contributed by atoms with Gasteiger partial charge in [-0.15, -0.1) is 0 Å². The Bertz CT molecular complexity index is 1340. The molecule has 3 N–H and O–H groups in total. The van der Waals surface area contributed by atoms with Crippen molar-refractivity contribution in [1.82, 2.24) is 10.6 Å². The van der Waals surface area contributed by atoms with E-state index in [0.29, 0.717) is 24.8 Å². The van der Waals surface area contributed by atoms with Crippen LogP contribution in [0, 0.1) is 11.6 Å². The molecule has 0 amide bonds. The number of nitrogens with one attached hydrogen (secondary N) is 2. The smallest absolute Gasteiger partial charge is 0.428 e. The third-order valence-corrected chi connectivity index (χ3v) is 6.63. The van der Waals surface area contributed by atoms with Crippen molar-refractivity contribution < 1.29 is 54.1 Å². The summed E-state index contributed by atoms with van der Waals surface area (Å²) in [7, 11) is 1.47. The minimum absolute atomic E-state index is 0.0285. The van der Waals surface area contributed by atoms with Crippen LogP contribution in [0.1, 0.15) is 28.7 Å². The number of aliphatic hydroxyl groups is 1. The zero-order chi connectivity index (χ0) is 32.5. The van der Waals surface area contributed by atoms with Crippen LogP contribution in [-0.4, -0.2) is 56.7 Å². The molecule has 0 heterocycles. The normalized spacial score (nSPS) is 14.5. The van der Waals surface area contributed by atoms with Gasteiger partial charge in [0.1, 0.15) is 17.4 Å². The van der Waals surface area contributed by atoms with Gasteiger partial charge in [-0.1, -0.05) is 36.4 Å². The summed E-state index contributed by atoms with van der Waals surface area (Å²) in [5, 5.41) is 16.0. The molecule has 2 atom stereocenters. The SMILES string of the molecule is COCCNCc1cc([C@@](Cc2ccccc2)(NC[C@H](O)CC(F)(F)F)c2cc(F)cc(OC(F)(F)C(F)F)c2)ccc1F. The summed E-state index contributed by atoms with van der Waals surface area (Å²) in [6.45, 7) is -0.141. The van der Waals surface area contributed by atoms with Crippen LogP contribution in [0.2, 0.25) is 0 Å². The third kappa shape index (κ3) is 9.84. The number of hydrogen-bond donors (Lipinski definition) is 3. The zero-order valence-electron chi connectivity index (χ0n) is 23.4. The summed E-state index contributed by atoms with van der Waals surface area (Å²) < 4.78 is 132. The molecule has 3 aromatic carbocycles. The van der Waals surface area contributed by atoms with E-state index < -0.39 is 60.7 Å². The Morgan fingerprint density at radius 2 is 1.59 bits per heavy atom. The molecule has 44 heavy (non-hydrogen) atoms. The van der Waals surface area contributed by atoms with E-state index in [4.69, 9.17) is 4.74 Å². The van der Waals surface area contributed by atoms with E-state index >= 15 is 0 Å². The fourth-order valence-electron chi connectivity index (χ4n) is 4.61. The number of rotatable bonds is 16. The molecular formula is C30H31F9N2O3. The Hall–Kier alpha value is -3.33. The average molecular weight is 639 g/mol. The first kappa shape index (κ1) is 35.2. The van der Waals surface area contributed by atoms with Crippen LogP contribution in [-0.2, 0) is 23.2 Å². The highest BCUT2D eigenvalue weighted by Gasteiger charge is 2.45. The van der Waals surface area contributed by atoms with E-state index in [2.05, 4.69) is 15.4 Å². The standard InChI is InChI=1S/C30H31F9N2O3/c1-43-10-9-40-17-20-11-21(7-8-26(20)32)28(15-19-5-3-2-4-6-19,41-18-24(42)16-29(35,36)37)22-12-23(31)14-25(13-22)44-30(38,39)27(33)34/h2-8,11-14,24,27,40-42H,9-10,15-18H2,1H3/t24-,28-/m1/s1. The number of ether oxygens (including phenoxy) is 2. The van der Waals surface area contributed by atoms with Gasteiger partial charge in [0, 0.05) is 38.4 Å². The molecule has 0 aromatic heterocycles. The van der Waals surface area contributed by atoms with Crippen LogP contribution in [0.3, 0.4) is 0 Å². The maximum Gasteiger partial charge on any atom is 0.461 e. The topological polar surface area (TPSA) is 62.8 Å². The molecule has 0 spiro atoms. The second kappa shape index (κ2) is 15.1. The maximum atomic E-state index is 15.0. The number of aliphatic hydroxyl groups excluding tert-OH is 1. The first-order chi connectivity index (χ1) is 20.6. The molecule has 5 nitrogen and oxygen atoms in total. The van der Waals surface area contributed by atoms with Crippen molar-refractivity contribution in [2.75, 3.05) is 26.8 Å². The highest BCUT2D eigenvalue weighted by molar-refractivity contribution is 5.46. The third-order valence-electron chi connectivity index (χ3n) is 6.63. The molecule has 242 valence electrons. The highest BCUT2D eigenvalue weighted by Crippen LogP contribution is 2.38. The zero-order valence-corrected chi connectivity index (χ0v) is 23.4. The number of halogens is 9. The average Bonchev–Trinajstić information content (AvgIpc) is 2.93. The Kier molecular flexibility index (Phi) is 12.1. The lowest BCUT2D eigenvalue weighted by molar-refractivity contribution is -0.253. The van der Waals surface area contributed by atoms with E-state index in [1.165, 1.54) is 19.2 Å². The second-order valence-corrected chi connectivity index (χ2v) is 10.0. The Morgan fingerprint density at radius 1 is 0.886 bits per heavy atom. The molecule has 0 bridgehead atoms. The van der Waals surface area contributed by atoms with Crippen molar-refractivity contribution in [2.45, 2.75) is 49.7 Å². The molecule has 0 saturated heterocycles. The molecule has 3 rings (SSSR count). The summed E-state index contributed by atoms with van der Waals surface area (Å²) in [6, 6.07) is 14.0. The molecule has 3 aromatic rings. The highest BCUT2D eigenvalue weighted by atomic mass is 19.4. The number of benzene rings is 3. The number of alkyl halides is 7. The van der Waals surface area contributed by atoms with Crippen molar-refractivity contribution in [1.29, 1.82) is 0 Å². The first-order valence-electron chi connectivity index (χ1n) is 13.3. The Labute approximate surface area is 248 Å². The lowest BCUT2D eigenvalue weighted by Crippen LogP contribution is -2.49. The van der Waals surface area contributed by atoms with Gasteiger partial charge >= 0.3 is 18.7 Å². The van der Waals surface area contributed by atoms with Gasteiger partial charge in [-0.3, -0.25) is 0 Å². The van der Waals surface area contributed by atoms with Crippen LogP contribution in [0.15, 0.2) is 66.7 Å². The minimum atomic E-state index is -5.00. The van der Waals surface area contributed by atoms with Crippen molar-refractivity contribution in [3.63, 3.8) is 0 Å². The van der Waals surface area contributed by atoms with Crippen molar-refractivity contribution in [2.24, 2.45) is 0 Å². The predicted octanol–water partition coefficient (Wildman–Crippen LogP) is 6.33. The quantitative estimate of drug-likeness (QED) is 0.127. The van der Waals surface area contributed by atoms with Gasteiger partial charge in [0.2, 0.25) is 0 Å². The lowest BCUT2D eigenvalue weighted by Gasteiger charge is -2.38. The summed E-state index contributed by atoms with van der Waals surface area (Å²) in [4.78, 5) is 0. The molecule has 14 heteroatoms. The van der Waals surface area contributed by atoms with Crippen molar-refractivity contribution in [3.8, 4) is 5.75 Å². The van der Waals surface area contributed by atoms with Crippen LogP contribution in [0.5, 0.6) is 5.75 Å². The van der Waals surface area contributed by atoms with E-state index in [9.17, 15) is 44.6 Å². The first-order valence-corrected chi connectivity index (χ1v) is 13.3. The lowest BCUT2D eigenvalue weighted by atomic mass is 9.77. The Morgan fingerprint density at radius 3 is 2.23 bits per heavy atom. The fraction of sp³-hybridized carbons (Fsp3) is 0.400. The summed E-state index contributed by atoms with van der Waals surface area (Å²) >= 11 is 0. The molecule has 0 radical (unpaired) electrons. The molecule has 0 aliphatic rings. The van der Waals surface area contributed by atoms with E-state index in [1.54, 1.807) is 30.3 Å². The molecule has 0 unspecified atom stereocenters. The van der Waals surface area contributed by atoms with Crippen molar-refractivity contribution >= 4 is 0 Å². The summed E-state index contributed by atoms with van der Waals surface area (Å²) in [6.07, 6.45) is -17.8. The molecule has 0 aliphatic carbocycles. The van der Waals surface area contributed by atoms with Crippen LogP contribution < -0.4 is 15.4 Å². The molecular weight excluding hydrogens is 607 g/mol. The van der Waals surface area contributed by atoms with Gasteiger partial charge in [0.15, 0.2) is 0 Å². The van der Waals surface area contributed by atoms with Crippen LogP contribution in [0.25, 0.3) is 0 Å². The summed E-state index contributed by atoms with van der Waals surface area (Å²) in [5.74, 6) is -2.85. The van der Waals surface area contributed by atoms with Gasteiger partial charge in [-0.25, -0.2) is 8.78 Å². The molecule has 0 fully saturated rings. The fourth-order valence-corrected chi connectivity index (χ4v) is 4.61.